The van der Waals surface area contributed by atoms with Gasteiger partial charge in [-0.05, 0) is 44.4 Å². The zero-order chi connectivity index (χ0) is 15.5. The Kier molecular flexibility index (Phi) is 5.27. The third-order valence-corrected chi connectivity index (χ3v) is 4.50. The number of hydrogen-bond donors (Lipinski definition) is 3. The van der Waals surface area contributed by atoms with Gasteiger partial charge in [0.2, 0.25) is 10.0 Å². The first-order chi connectivity index (χ1) is 9.15. The Hall–Kier alpha value is -1.44. The average molecular weight is 301 g/mol. The van der Waals surface area contributed by atoms with Crippen LogP contribution in [0.5, 0.6) is 0 Å². The van der Waals surface area contributed by atoms with Crippen molar-refractivity contribution in [2.45, 2.75) is 38.2 Å². The molecule has 1 unspecified atom stereocenters. The van der Waals surface area contributed by atoms with Crippen LogP contribution < -0.4 is 4.72 Å². The van der Waals surface area contributed by atoms with E-state index in [1.165, 1.54) is 6.07 Å². The highest BCUT2D eigenvalue weighted by atomic mass is 32.2. The molecule has 1 aromatic carbocycles. The summed E-state index contributed by atoms with van der Waals surface area (Å²) in [4.78, 5) is 11.0. The van der Waals surface area contributed by atoms with Crippen LogP contribution in [0.3, 0.4) is 0 Å². The van der Waals surface area contributed by atoms with Crippen LogP contribution >= 0.6 is 0 Å². The normalized spacial score (nSPS) is 13.2. The van der Waals surface area contributed by atoms with Crippen molar-refractivity contribution < 1.29 is 23.4 Å². The van der Waals surface area contributed by atoms with Crippen LogP contribution in [-0.2, 0) is 10.0 Å². The molecule has 1 aromatic rings. The lowest BCUT2D eigenvalue weighted by Crippen LogP contribution is -2.27. The van der Waals surface area contributed by atoms with Crippen LogP contribution in [0.4, 0.5) is 0 Å². The van der Waals surface area contributed by atoms with Gasteiger partial charge in [0.1, 0.15) is 0 Å². The van der Waals surface area contributed by atoms with Crippen molar-refractivity contribution in [3.63, 3.8) is 0 Å². The van der Waals surface area contributed by atoms with E-state index in [1.807, 2.05) is 0 Å². The van der Waals surface area contributed by atoms with Crippen molar-refractivity contribution in [1.29, 1.82) is 0 Å². The van der Waals surface area contributed by atoms with E-state index < -0.39 is 22.1 Å². The summed E-state index contributed by atoms with van der Waals surface area (Å²) in [5.41, 5.74) is 0.960. The minimum absolute atomic E-state index is 0.0356. The van der Waals surface area contributed by atoms with Gasteiger partial charge in [-0.1, -0.05) is 6.07 Å². The highest BCUT2D eigenvalue weighted by molar-refractivity contribution is 7.89. The first-order valence-electron chi connectivity index (χ1n) is 6.17. The molecule has 0 aliphatic rings. The van der Waals surface area contributed by atoms with Crippen molar-refractivity contribution in [1.82, 2.24) is 4.72 Å². The number of benzene rings is 1. The smallest absolute Gasteiger partial charge is 0.335 e. The maximum absolute atomic E-state index is 12.1. The quantitative estimate of drug-likeness (QED) is 0.728. The molecule has 7 heteroatoms. The third kappa shape index (κ3) is 4.03. The maximum Gasteiger partial charge on any atom is 0.335 e. The van der Waals surface area contributed by atoms with E-state index in [-0.39, 0.29) is 23.4 Å². The largest absolute Gasteiger partial charge is 0.478 e. The summed E-state index contributed by atoms with van der Waals surface area (Å²) in [5.74, 6) is -1.16. The molecule has 6 nitrogen and oxygen atoms in total. The molecule has 112 valence electrons. The monoisotopic (exact) mass is 301 g/mol. The van der Waals surface area contributed by atoms with E-state index in [0.717, 1.165) is 6.07 Å². The van der Waals surface area contributed by atoms with Crippen molar-refractivity contribution >= 4 is 16.0 Å². The lowest BCUT2D eigenvalue weighted by atomic mass is 10.1. The van der Waals surface area contributed by atoms with Gasteiger partial charge in [-0.3, -0.25) is 0 Å². The fourth-order valence-electron chi connectivity index (χ4n) is 1.83. The second-order valence-electron chi connectivity index (χ2n) is 4.77. The fraction of sp³-hybridized carbons (Fsp3) is 0.462. The zero-order valence-electron chi connectivity index (χ0n) is 11.7. The van der Waals surface area contributed by atoms with Crippen molar-refractivity contribution in [2.24, 2.45) is 0 Å². The van der Waals surface area contributed by atoms with E-state index in [0.29, 0.717) is 11.1 Å². The summed E-state index contributed by atoms with van der Waals surface area (Å²) < 4.78 is 26.6. The Morgan fingerprint density at radius 1 is 1.30 bits per heavy atom. The van der Waals surface area contributed by atoms with Gasteiger partial charge in [0.15, 0.2) is 0 Å². The summed E-state index contributed by atoms with van der Waals surface area (Å²) in [7, 11) is -3.78. The second-order valence-corrected chi connectivity index (χ2v) is 6.51. The van der Waals surface area contributed by atoms with Gasteiger partial charge < -0.3 is 10.2 Å². The lowest BCUT2D eigenvalue weighted by Gasteiger charge is -2.12. The molecule has 20 heavy (non-hydrogen) atoms. The lowest BCUT2D eigenvalue weighted by molar-refractivity contribution is 0.0696. The zero-order valence-corrected chi connectivity index (χ0v) is 12.5. The molecule has 0 saturated heterocycles. The Balaban J connectivity index is 3.11. The molecule has 1 rings (SSSR count). The predicted molar refractivity (Wildman–Crippen MR) is 74.4 cm³/mol. The molecule has 0 fully saturated rings. The first kappa shape index (κ1) is 16.6. The molecule has 1 atom stereocenters. The molecule has 0 spiro atoms. The maximum atomic E-state index is 12.1. The highest BCUT2D eigenvalue weighted by Gasteiger charge is 2.20. The van der Waals surface area contributed by atoms with E-state index >= 15 is 0 Å². The molecular formula is C13H19NO5S. The Bertz CT molecular complexity index is 607. The summed E-state index contributed by atoms with van der Waals surface area (Å²) in [6.07, 6.45) is -0.318. The molecule has 3 N–H and O–H groups in total. The number of aliphatic hydroxyl groups is 1. The van der Waals surface area contributed by atoms with Crippen molar-refractivity contribution in [3.05, 3.63) is 28.8 Å². The van der Waals surface area contributed by atoms with Gasteiger partial charge in [-0.25, -0.2) is 17.9 Å². The molecule has 0 amide bonds. The van der Waals surface area contributed by atoms with Crippen LogP contribution in [0.2, 0.25) is 0 Å². The number of nitrogens with one attached hydrogen (secondary N) is 1. The van der Waals surface area contributed by atoms with Gasteiger partial charge in [0, 0.05) is 6.54 Å². The van der Waals surface area contributed by atoms with Gasteiger partial charge >= 0.3 is 5.97 Å². The van der Waals surface area contributed by atoms with E-state index in [1.54, 1.807) is 20.8 Å². The standard InChI is InChI=1S/C13H19NO5S/c1-8-6-9(2)12(7-11(8)13(16)17)20(18,19)14-5-4-10(3)15/h6-7,10,14-15H,4-5H2,1-3H3,(H,16,17). The number of carboxylic acid groups (broad SMARTS) is 1. The number of rotatable bonds is 6. The third-order valence-electron chi connectivity index (χ3n) is 2.90. The average Bonchev–Trinajstić information content (AvgIpc) is 2.26. The number of aromatic carboxylic acids is 1. The Morgan fingerprint density at radius 2 is 1.90 bits per heavy atom. The van der Waals surface area contributed by atoms with E-state index in [2.05, 4.69) is 4.72 Å². The van der Waals surface area contributed by atoms with Crippen molar-refractivity contribution in [2.75, 3.05) is 6.54 Å². The van der Waals surface area contributed by atoms with Crippen LogP contribution in [-0.4, -0.2) is 37.2 Å². The second kappa shape index (κ2) is 6.34. The molecule has 0 radical (unpaired) electrons. The minimum atomic E-state index is -3.78. The number of carbonyl (C=O) groups is 1. The molecule has 0 aliphatic carbocycles. The number of sulfonamides is 1. The van der Waals surface area contributed by atoms with Gasteiger partial charge in [0.25, 0.3) is 0 Å². The van der Waals surface area contributed by atoms with Gasteiger partial charge in [0.05, 0.1) is 16.6 Å². The summed E-state index contributed by atoms with van der Waals surface area (Å²) in [6, 6.07) is 2.70. The van der Waals surface area contributed by atoms with Crippen LogP contribution in [0.1, 0.15) is 34.8 Å². The van der Waals surface area contributed by atoms with Crippen LogP contribution in [0, 0.1) is 13.8 Å². The topological polar surface area (TPSA) is 104 Å². The summed E-state index contributed by atoms with van der Waals surface area (Å²) >= 11 is 0. The van der Waals surface area contributed by atoms with Crippen LogP contribution in [0.25, 0.3) is 0 Å². The van der Waals surface area contributed by atoms with Crippen molar-refractivity contribution in [3.8, 4) is 0 Å². The number of carboxylic acids is 1. The molecule has 0 aliphatic heterocycles. The molecule has 0 saturated carbocycles. The molecule has 0 aromatic heterocycles. The SMILES string of the molecule is Cc1cc(C)c(S(=O)(=O)NCCC(C)O)cc1C(=O)O. The first-order valence-corrected chi connectivity index (χ1v) is 7.65. The number of aryl methyl sites for hydroxylation is 2. The molecule has 0 bridgehead atoms. The molecular weight excluding hydrogens is 282 g/mol. The minimum Gasteiger partial charge on any atom is -0.478 e. The van der Waals surface area contributed by atoms with Crippen LogP contribution in [0.15, 0.2) is 17.0 Å². The van der Waals surface area contributed by atoms with E-state index in [9.17, 15) is 13.2 Å². The highest BCUT2D eigenvalue weighted by Crippen LogP contribution is 2.20. The van der Waals surface area contributed by atoms with Gasteiger partial charge in [-0.15, -0.1) is 0 Å². The summed E-state index contributed by atoms with van der Waals surface area (Å²) in [6.45, 7) is 4.89. The number of hydrogen-bond acceptors (Lipinski definition) is 4. The predicted octanol–water partition coefficient (Wildman–Crippen LogP) is 1.05. The van der Waals surface area contributed by atoms with Gasteiger partial charge in [-0.2, -0.15) is 0 Å². The fourth-order valence-corrected chi connectivity index (χ4v) is 3.13. The Labute approximate surface area is 118 Å². The number of aliphatic hydroxyl groups excluding tert-OH is 1. The Morgan fingerprint density at radius 3 is 2.40 bits per heavy atom. The van der Waals surface area contributed by atoms with E-state index in [4.69, 9.17) is 10.2 Å². The molecule has 0 heterocycles. The summed E-state index contributed by atoms with van der Waals surface area (Å²) in [5, 5.41) is 18.2.